The van der Waals surface area contributed by atoms with E-state index in [-0.39, 0.29) is 0 Å². The molecule has 0 saturated carbocycles. The van der Waals surface area contributed by atoms with Gasteiger partial charge in [0.2, 0.25) is 0 Å². The Balaban J connectivity index is 2.41. The van der Waals surface area contributed by atoms with Gasteiger partial charge in [-0.15, -0.1) is 4.91 Å². The summed E-state index contributed by atoms with van der Waals surface area (Å²) in [6.07, 6.45) is 2.19. The molecular formula is C18H24N4O. The number of nitroso groups, excluding NO2 is 1. The molecule has 0 radical (unpaired) electrons. The fourth-order valence-electron chi connectivity index (χ4n) is 2.52. The Morgan fingerprint density at radius 3 is 2.57 bits per heavy atom. The van der Waals surface area contributed by atoms with Crippen LogP contribution in [0, 0.1) is 11.8 Å². The fourth-order valence-corrected chi connectivity index (χ4v) is 2.52. The Morgan fingerprint density at radius 2 is 1.96 bits per heavy atom. The van der Waals surface area contributed by atoms with E-state index in [0.29, 0.717) is 11.5 Å². The van der Waals surface area contributed by atoms with Crippen molar-refractivity contribution in [2.75, 3.05) is 23.3 Å². The van der Waals surface area contributed by atoms with Crippen LogP contribution in [0.2, 0.25) is 0 Å². The molecule has 0 aliphatic heterocycles. The largest absolute Gasteiger partial charge is 0.370 e. The average Bonchev–Trinajstić information content (AvgIpc) is 2.56. The summed E-state index contributed by atoms with van der Waals surface area (Å²) in [7, 11) is 0. The molecule has 0 bridgehead atoms. The van der Waals surface area contributed by atoms with Crippen molar-refractivity contribution in [2.24, 2.45) is 5.18 Å². The van der Waals surface area contributed by atoms with E-state index in [0.717, 1.165) is 43.0 Å². The number of unbranched alkanes of at least 4 members (excludes halogenated alkanes) is 1. The number of pyridine rings is 1. The van der Waals surface area contributed by atoms with Crippen LogP contribution in [-0.2, 0) is 0 Å². The van der Waals surface area contributed by atoms with Crippen LogP contribution in [0.1, 0.15) is 32.4 Å². The van der Waals surface area contributed by atoms with E-state index in [1.807, 2.05) is 43.3 Å². The van der Waals surface area contributed by atoms with Crippen LogP contribution in [0.5, 0.6) is 0 Å². The van der Waals surface area contributed by atoms with Crippen molar-refractivity contribution >= 4 is 22.9 Å². The molecule has 23 heavy (non-hydrogen) atoms. The third-order valence-corrected chi connectivity index (χ3v) is 3.73. The number of rotatable bonds is 8. The third-order valence-electron chi connectivity index (χ3n) is 3.73. The van der Waals surface area contributed by atoms with E-state index in [2.05, 4.69) is 34.2 Å². The van der Waals surface area contributed by atoms with E-state index in [4.69, 9.17) is 0 Å². The number of para-hydroxylation sites is 1. The molecule has 1 aromatic carbocycles. The van der Waals surface area contributed by atoms with Crippen LogP contribution in [0.4, 0.5) is 22.9 Å². The van der Waals surface area contributed by atoms with Gasteiger partial charge in [-0.1, -0.05) is 31.5 Å². The Kier molecular flexibility index (Phi) is 6.09. The van der Waals surface area contributed by atoms with Crippen LogP contribution >= 0.6 is 0 Å². The number of nitrogens with zero attached hydrogens (tertiary/aromatic N) is 3. The average molecular weight is 312 g/mol. The van der Waals surface area contributed by atoms with Gasteiger partial charge in [-0.2, -0.15) is 0 Å². The van der Waals surface area contributed by atoms with Crippen molar-refractivity contribution in [3.05, 3.63) is 47.0 Å². The van der Waals surface area contributed by atoms with E-state index < -0.39 is 0 Å². The summed E-state index contributed by atoms with van der Waals surface area (Å²) in [5.41, 5.74) is 2.97. The molecule has 1 heterocycles. The van der Waals surface area contributed by atoms with E-state index in [1.165, 1.54) is 0 Å². The predicted octanol–water partition coefficient (Wildman–Crippen LogP) is 5.16. The summed E-state index contributed by atoms with van der Waals surface area (Å²) in [5.74, 6) is 0.510. The van der Waals surface area contributed by atoms with E-state index >= 15 is 0 Å². The first kappa shape index (κ1) is 16.9. The van der Waals surface area contributed by atoms with Gasteiger partial charge in [0, 0.05) is 24.5 Å². The number of anilines is 3. The normalized spacial score (nSPS) is 10.4. The second kappa shape index (κ2) is 8.27. The molecule has 0 unspecified atom stereocenters. The molecule has 0 saturated heterocycles. The first-order valence-electron chi connectivity index (χ1n) is 8.11. The Labute approximate surface area is 137 Å². The van der Waals surface area contributed by atoms with Gasteiger partial charge in [-0.05, 0) is 43.6 Å². The van der Waals surface area contributed by atoms with Crippen LogP contribution < -0.4 is 10.2 Å². The van der Waals surface area contributed by atoms with Gasteiger partial charge in [-0.25, -0.2) is 4.98 Å². The summed E-state index contributed by atoms with van der Waals surface area (Å²) < 4.78 is 0. The highest BCUT2D eigenvalue weighted by Gasteiger charge is 2.17. The predicted molar refractivity (Wildman–Crippen MR) is 96.9 cm³/mol. The van der Waals surface area contributed by atoms with E-state index in [9.17, 15) is 4.91 Å². The third kappa shape index (κ3) is 4.28. The van der Waals surface area contributed by atoms with Crippen LogP contribution in [0.15, 0.2) is 41.6 Å². The van der Waals surface area contributed by atoms with Gasteiger partial charge in [0.05, 0.1) is 5.69 Å². The molecule has 0 fully saturated rings. The quantitative estimate of drug-likeness (QED) is 0.684. The van der Waals surface area contributed by atoms with Crippen molar-refractivity contribution in [3.8, 4) is 0 Å². The van der Waals surface area contributed by atoms with Crippen molar-refractivity contribution in [1.29, 1.82) is 0 Å². The smallest absolute Gasteiger partial charge is 0.173 e. The molecule has 0 aliphatic rings. The van der Waals surface area contributed by atoms with Gasteiger partial charge >= 0.3 is 0 Å². The van der Waals surface area contributed by atoms with Gasteiger partial charge in [0.1, 0.15) is 0 Å². The highest BCUT2D eigenvalue weighted by Crippen LogP contribution is 2.37. The Morgan fingerprint density at radius 1 is 1.22 bits per heavy atom. The maximum absolute atomic E-state index is 11.5. The van der Waals surface area contributed by atoms with Crippen LogP contribution in [-0.4, -0.2) is 18.1 Å². The van der Waals surface area contributed by atoms with Gasteiger partial charge in [-0.3, -0.25) is 0 Å². The molecule has 0 atom stereocenters. The molecule has 122 valence electrons. The van der Waals surface area contributed by atoms with Crippen molar-refractivity contribution in [3.63, 3.8) is 0 Å². The summed E-state index contributed by atoms with van der Waals surface area (Å²) in [4.78, 5) is 18.1. The van der Waals surface area contributed by atoms with Crippen LogP contribution in [0.3, 0.4) is 0 Å². The number of hydrogen-bond acceptors (Lipinski definition) is 5. The molecule has 5 nitrogen and oxygen atoms in total. The summed E-state index contributed by atoms with van der Waals surface area (Å²) in [5, 5.41) is 6.48. The number of nitrogens with one attached hydrogen (secondary N) is 1. The van der Waals surface area contributed by atoms with Gasteiger partial charge in [0.15, 0.2) is 11.5 Å². The molecule has 0 aliphatic carbocycles. The standard InChI is InChI=1S/C18H24N4O/c1-4-6-12-22(5-2)16-13-14(3)19-18(17(16)21-23)20-15-10-8-7-9-11-15/h7-11,13H,4-6,12H2,1-3H3,(H,19,20). The van der Waals surface area contributed by atoms with Gasteiger partial charge < -0.3 is 10.2 Å². The first-order chi connectivity index (χ1) is 11.2. The maximum Gasteiger partial charge on any atom is 0.173 e. The van der Waals surface area contributed by atoms with Crippen molar-refractivity contribution < 1.29 is 0 Å². The molecular weight excluding hydrogens is 288 g/mol. The maximum atomic E-state index is 11.5. The minimum Gasteiger partial charge on any atom is -0.370 e. The summed E-state index contributed by atoms with van der Waals surface area (Å²) >= 11 is 0. The lowest BCUT2D eigenvalue weighted by molar-refractivity contribution is 0.731. The molecule has 0 spiro atoms. The molecule has 5 heteroatoms. The lowest BCUT2D eigenvalue weighted by Gasteiger charge is -2.25. The monoisotopic (exact) mass is 312 g/mol. The zero-order valence-corrected chi connectivity index (χ0v) is 14.0. The minimum absolute atomic E-state index is 0.373. The SMILES string of the molecule is CCCCN(CC)c1cc(C)nc(Nc2ccccc2)c1N=O. The molecule has 0 amide bonds. The molecule has 1 N–H and O–H groups in total. The highest BCUT2D eigenvalue weighted by atomic mass is 16.3. The van der Waals surface area contributed by atoms with Crippen LogP contribution in [0.25, 0.3) is 0 Å². The number of aryl methyl sites for hydroxylation is 1. The lowest BCUT2D eigenvalue weighted by atomic mass is 10.2. The van der Waals surface area contributed by atoms with Gasteiger partial charge in [0.25, 0.3) is 0 Å². The topological polar surface area (TPSA) is 57.6 Å². The van der Waals surface area contributed by atoms with Crippen molar-refractivity contribution in [2.45, 2.75) is 33.6 Å². The first-order valence-corrected chi connectivity index (χ1v) is 8.11. The Bertz CT molecular complexity index is 643. The molecule has 2 aromatic rings. The number of aromatic nitrogens is 1. The number of hydrogen-bond donors (Lipinski definition) is 1. The van der Waals surface area contributed by atoms with E-state index in [1.54, 1.807) is 0 Å². The zero-order chi connectivity index (χ0) is 16.7. The molecule has 2 rings (SSSR count). The zero-order valence-electron chi connectivity index (χ0n) is 14.0. The summed E-state index contributed by atoms with van der Waals surface area (Å²) in [6.45, 7) is 7.92. The molecule has 1 aromatic heterocycles. The fraction of sp³-hybridized carbons (Fsp3) is 0.389. The second-order valence-corrected chi connectivity index (χ2v) is 5.50. The second-order valence-electron chi connectivity index (χ2n) is 5.50. The summed E-state index contributed by atoms with van der Waals surface area (Å²) in [6, 6.07) is 11.6. The Hall–Kier alpha value is -2.43. The minimum atomic E-state index is 0.373. The lowest BCUT2D eigenvalue weighted by Crippen LogP contribution is -2.24. The number of benzene rings is 1. The van der Waals surface area contributed by atoms with Crippen molar-refractivity contribution in [1.82, 2.24) is 4.98 Å². The highest BCUT2D eigenvalue weighted by molar-refractivity contribution is 5.80.